The molecule has 1 aliphatic rings. The molecule has 0 unspecified atom stereocenters. The fraction of sp³-hybridized carbons (Fsp3) is 0.500. The number of nitrogens with zero attached hydrogens (tertiary/aromatic N) is 3. The van der Waals surface area contributed by atoms with E-state index in [0.717, 1.165) is 42.0 Å². The van der Waals surface area contributed by atoms with E-state index in [4.69, 9.17) is 5.73 Å². The van der Waals surface area contributed by atoms with E-state index in [1.807, 2.05) is 5.38 Å². The Balaban J connectivity index is 1.86. The molecule has 2 aromatic heterocycles. The topological polar surface area (TPSA) is 75.3 Å². The summed E-state index contributed by atoms with van der Waals surface area (Å²) in [6.07, 6.45) is 3.20. The second kappa shape index (κ2) is 4.46. The number of hydrogen-bond acceptors (Lipinski definition) is 6. The van der Waals surface area contributed by atoms with Crippen LogP contribution in [-0.2, 0) is 0 Å². The fourth-order valence-corrected chi connectivity index (χ4v) is 3.08. The van der Waals surface area contributed by atoms with Gasteiger partial charge < -0.3 is 15.7 Å². The van der Waals surface area contributed by atoms with Crippen molar-refractivity contribution in [3.05, 3.63) is 17.8 Å². The van der Waals surface area contributed by atoms with Gasteiger partial charge in [0.1, 0.15) is 17.0 Å². The van der Waals surface area contributed by atoms with Gasteiger partial charge in [-0.2, -0.15) is 0 Å². The van der Waals surface area contributed by atoms with Crippen LogP contribution in [0.3, 0.4) is 0 Å². The number of aromatic nitrogens is 2. The maximum Gasteiger partial charge on any atom is 0.140 e. The van der Waals surface area contributed by atoms with Gasteiger partial charge in [0.2, 0.25) is 0 Å². The molecule has 3 N–H and O–H groups in total. The van der Waals surface area contributed by atoms with Crippen molar-refractivity contribution in [1.82, 2.24) is 9.97 Å². The Labute approximate surface area is 109 Å². The highest BCUT2D eigenvalue weighted by Crippen LogP contribution is 2.30. The molecule has 3 rings (SSSR count). The summed E-state index contributed by atoms with van der Waals surface area (Å²) in [4.78, 5) is 11.9. The summed E-state index contributed by atoms with van der Waals surface area (Å²) in [5.74, 6) is 0.987. The Morgan fingerprint density at radius 3 is 2.89 bits per heavy atom. The van der Waals surface area contributed by atoms with E-state index < -0.39 is 5.54 Å². The molecule has 18 heavy (non-hydrogen) atoms. The molecule has 0 spiro atoms. The number of thiophene rings is 1. The van der Waals surface area contributed by atoms with Crippen LogP contribution in [0.2, 0.25) is 0 Å². The third-order valence-electron chi connectivity index (χ3n) is 3.61. The first kappa shape index (κ1) is 11.8. The van der Waals surface area contributed by atoms with E-state index in [0.29, 0.717) is 0 Å². The monoisotopic (exact) mass is 264 g/mol. The van der Waals surface area contributed by atoms with Gasteiger partial charge >= 0.3 is 0 Å². The molecule has 0 bridgehead atoms. The molecule has 1 fully saturated rings. The predicted molar refractivity (Wildman–Crippen MR) is 72.9 cm³/mol. The lowest BCUT2D eigenvalue weighted by Gasteiger charge is -2.38. The first-order valence-corrected chi connectivity index (χ1v) is 6.93. The average Bonchev–Trinajstić information content (AvgIpc) is 2.88. The number of nitrogens with two attached hydrogens (primary N) is 1. The van der Waals surface area contributed by atoms with Crippen LogP contribution in [0, 0.1) is 0 Å². The molecule has 1 aliphatic heterocycles. The highest BCUT2D eigenvalue weighted by atomic mass is 32.1. The zero-order valence-corrected chi connectivity index (χ0v) is 10.9. The molecule has 0 aliphatic carbocycles. The Bertz CT molecular complexity index is 548. The first-order chi connectivity index (χ1) is 8.72. The molecule has 6 heteroatoms. The minimum absolute atomic E-state index is 0.0540. The van der Waals surface area contributed by atoms with Crippen molar-refractivity contribution in [2.75, 3.05) is 24.6 Å². The van der Waals surface area contributed by atoms with Crippen molar-refractivity contribution in [2.24, 2.45) is 5.73 Å². The second-order valence-corrected chi connectivity index (χ2v) is 5.74. The highest BCUT2D eigenvalue weighted by Gasteiger charge is 2.30. The minimum Gasteiger partial charge on any atom is -0.394 e. The molecular weight excluding hydrogens is 248 g/mol. The van der Waals surface area contributed by atoms with Gasteiger partial charge in [0.15, 0.2) is 0 Å². The zero-order valence-electron chi connectivity index (χ0n) is 10.0. The summed E-state index contributed by atoms with van der Waals surface area (Å²) in [6, 6.07) is 2.06. The van der Waals surface area contributed by atoms with Crippen molar-refractivity contribution >= 4 is 27.4 Å². The number of anilines is 1. The number of piperidine rings is 1. The Kier molecular flexibility index (Phi) is 2.93. The van der Waals surface area contributed by atoms with Crippen molar-refractivity contribution < 1.29 is 5.11 Å². The number of aliphatic hydroxyl groups excluding tert-OH is 1. The van der Waals surface area contributed by atoms with Crippen molar-refractivity contribution in [2.45, 2.75) is 18.4 Å². The van der Waals surface area contributed by atoms with Crippen LogP contribution in [-0.4, -0.2) is 40.3 Å². The first-order valence-electron chi connectivity index (χ1n) is 6.05. The largest absolute Gasteiger partial charge is 0.394 e. The molecule has 1 saturated heterocycles. The number of hydrogen-bond donors (Lipinski definition) is 2. The molecule has 5 nitrogen and oxygen atoms in total. The standard InChI is InChI=1S/C12H16N4OS/c13-12(7-17)2-4-16(5-3-12)10-9-1-6-18-11(9)15-8-14-10/h1,6,8,17H,2-5,7,13H2. The molecule has 0 aromatic carbocycles. The van der Waals surface area contributed by atoms with Gasteiger partial charge in [0.25, 0.3) is 0 Å². The summed E-state index contributed by atoms with van der Waals surface area (Å²) in [7, 11) is 0. The minimum atomic E-state index is -0.419. The third kappa shape index (κ3) is 1.96. The van der Waals surface area contributed by atoms with E-state index in [1.165, 1.54) is 0 Å². The molecule has 96 valence electrons. The summed E-state index contributed by atoms with van der Waals surface area (Å²) in [6.45, 7) is 1.72. The lowest BCUT2D eigenvalue weighted by molar-refractivity contribution is 0.170. The summed E-state index contributed by atoms with van der Waals surface area (Å²) < 4.78 is 0. The van der Waals surface area contributed by atoms with E-state index in [2.05, 4.69) is 20.9 Å². The van der Waals surface area contributed by atoms with Crippen LogP contribution in [0.15, 0.2) is 17.8 Å². The quantitative estimate of drug-likeness (QED) is 0.845. The van der Waals surface area contributed by atoms with Crippen LogP contribution < -0.4 is 10.6 Å². The molecule has 2 aromatic rings. The smallest absolute Gasteiger partial charge is 0.140 e. The summed E-state index contributed by atoms with van der Waals surface area (Å²) in [5.41, 5.74) is 5.66. The Hall–Kier alpha value is -1.24. The predicted octanol–water partition coefficient (Wildman–Crippen LogP) is 0.981. The van der Waals surface area contributed by atoms with Crippen LogP contribution in [0.4, 0.5) is 5.82 Å². The highest BCUT2D eigenvalue weighted by molar-refractivity contribution is 7.16. The fourth-order valence-electron chi connectivity index (χ4n) is 2.35. The van der Waals surface area contributed by atoms with Gasteiger partial charge in [0.05, 0.1) is 12.0 Å². The van der Waals surface area contributed by atoms with Gasteiger partial charge in [0, 0.05) is 18.6 Å². The Morgan fingerprint density at radius 2 is 2.17 bits per heavy atom. The van der Waals surface area contributed by atoms with Gasteiger partial charge in [-0.1, -0.05) is 0 Å². The van der Waals surface area contributed by atoms with Crippen LogP contribution in [0.25, 0.3) is 10.2 Å². The number of fused-ring (bicyclic) bond motifs is 1. The van der Waals surface area contributed by atoms with E-state index >= 15 is 0 Å². The van der Waals surface area contributed by atoms with E-state index in [1.54, 1.807) is 17.7 Å². The zero-order chi connectivity index (χ0) is 12.6. The maximum atomic E-state index is 9.28. The summed E-state index contributed by atoms with van der Waals surface area (Å²) in [5, 5.41) is 12.4. The lowest BCUT2D eigenvalue weighted by atomic mass is 9.89. The normalized spacial score (nSPS) is 19.3. The van der Waals surface area contributed by atoms with Crippen molar-refractivity contribution in [1.29, 1.82) is 0 Å². The molecule has 0 saturated carbocycles. The van der Waals surface area contributed by atoms with Crippen LogP contribution in [0.5, 0.6) is 0 Å². The molecule has 0 radical (unpaired) electrons. The van der Waals surface area contributed by atoms with Crippen LogP contribution in [0.1, 0.15) is 12.8 Å². The molecule has 0 atom stereocenters. The third-order valence-corrected chi connectivity index (χ3v) is 4.44. The summed E-state index contributed by atoms with van der Waals surface area (Å²) >= 11 is 1.63. The molecule has 0 amide bonds. The SMILES string of the molecule is NC1(CO)CCN(c2ncnc3sccc23)CC1. The molecular formula is C12H16N4OS. The molecule has 3 heterocycles. The van der Waals surface area contributed by atoms with E-state index in [9.17, 15) is 5.11 Å². The van der Waals surface area contributed by atoms with Gasteiger partial charge in [-0.25, -0.2) is 9.97 Å². The number of aliphatic hydroxyl groups is 1. The average molecular weight is 264 g/mol. The van der Waals surface area contributed by atoms with Gasteiger partial charge in [-0.3, -0.25) is 0 Å². The van der Waals surface area contributed by atoms with Crippen LogP contribution >= 0.6 is 11.3 Å². The van der Waals surface area contributed by atoms with Gasteiger partial charge in [-0.15, -0.1) is 11.3 Å². The van der Waals surface area contributed by atoms with Gasteiger partial charge in [-0.05, 0) is 24.3 Å². The van der Waals surface area contributed by atoms with Crippen molar-refractivity contribution in [3.8, 4) is 0 Å². The maximum absolute atomic E-state index is 9.28. The second-order valence-electron chi connectivity index (χ2n) is 4.84. The van der Waals surface area contributed by atoms with E-state index in [-0.39, 0.29) is 6.61 Å². The lowest BCUT2D eigenvalue weighted by Crippen LogP contribution is -2.53. The Morgan fingerprint density at radius 1 is 1.39 bits per heavy atom. The van der Waals surface area contributed by atoms with Crippen molar-refractivity contribution in [3.63, 3.8) is 0 Å². The number of rotatable bonds is 2.